The van der Waals surface area contributed by atoms with Crippen molar-refractivity contribution >= 4 is 10.8 Å². The highest BCUT2D eigenvalue weighted by atomic mass is 16.5. The van der Waals surface area contributed by atoms with Gasteiger partial charge >= 0.3 is 0 Å². The fraction of sp³-hybridized carbons (Fsp3) is 0.375. The van der Waals surface area contributed by atoms with E-state index in [4.69, 9.17) is 4.74 Å². The van der Waals surface area contributed by atoms with Crippen LogP contribution in [0.4, 0.5) is 0 Å². The van der Waals surface area contributed by atoms with Crippen LogP contribution in [0.25, 0.3) is 10.8 Å². The van der Waals surface area contributed by atoms with Crippen LogP contribution in [0.1, 0.15) is 24.5 Å². The van der Waals surface area contributed by atoms with Gasteiger partial charge in [-0.15, -0.1) is 0 Å². The molecule has 1 aliphatic heterocycles. The fourth-order valence-corrected chi connectivity index (χ4v) is 2.75. The number of aliphatic hydroxyl groups is 1. The Morgan fingerprint density at radius 3 is 2.83 bits per heavy atom. The number of benzene rings is 2. The molecule has 0 radical (unpaired) electrons. The van der Waals surface area contributed by atoms with Crippen LogP contribution < -0.4 is 0 Å². The number of fused-ring (bicyclic) bond motifs is 1. The first-order chi connectivity index (χ1) is 8.84. The summed E-state index contributed by atoms with van der Waals surface area (Å²) in [6.45, 7) is 1.63. The Hall–Kier alpha value is -1.38. The predicted molar refractivity (Wildman–Crippen MR) is 72.5 cm³/mol. The molecule has 1 N–H and O–H groups in total. The Morgan fingerprint density at radius 1 is 1.17 bits per heavy atom. The van der Waals surface area contributed by atoms with E-state index in [1.54, 1.807) is 0 Å². The summed E-state index contributed by atoms with van der Waals surface area (Å²) in [6.07, 6.45) is 1.48. The third-order valence-electron chi connectivity index (χ3n) is 3.76. The highest BCUT2D eigenvalue weighted by Gasteiger charge is 2.21. The van der Waals surface area contributed by atoms with Gasteiger partial charge in [0.1, 0.15) is 0 Å². The van der Waals surface area contributed by atoms with Crippen LogP contribution in [-0.2, 0) is 4.74 Å². The van der Waals surface area contributed by atoms with E-state index in [2.05, 4.69) is 18.2 Å². The van der Waals surface area contributed by atoms with Crippen LogP contribution in [0.15, 0.2) is 42.5 Å². The van der Waals surface area contributed by atoms with Gasteiger partial charge in [0.05, 0.1) is 6.10 Å². The molecule has 1 heterocycles. The van der Waals surface area contributed by atoms with E-state index >= 15 is 0 Å². The van der Waals surface area contributed by atoms with Gasteiger partial charge in [-0.25, -0.2) is 0 Å². The molecule has 0 bridgehead atoms. The molecule has 2 unspecified atom stereocenters. The molecule has 2 aromatic carbocycles. The number of hydrogen-bond acceptors (Lipinski definition) is 2. The molecule has 3 rings (SSSR count). The molecule has 0 amide bonds. The van der Waals surface area contributed by atoms with Gasteiger partial charge in [0.25, 0.3) is 0 Å². The lowest BCUT2D eigenvalue weighted by Crippen LogP contribution is -2.07. The summed E-state index contributed by atoms with van der Waals surface area (Å²) in [6, 6.07) is 14.4. The third-order valence-corrected chi connectivity index (χ3v) is 3.76. The van der Waals surface area contributed by atoms with Gasteiger partial charge in [0.2, 0.25) is 0 Å². The van der Waals surface area contributed by atoms with Gasteiger partial charge in [-0.1, -0.05) is 42.5 Å². The number of ether oxygens (including phenoxy) is 1. The molecule has 2 nitrogen and oxygen atoms in total. The Bertz CT molecular complexity index is 524. The van der Waals surface area contributed by atoms with E-state index < -0.39 is 0 Å². The molecule has 2 heteroatoms. The van der Waals surface area contributed by atoms with E-state index in [0.717, 1.165) is 37.0 Å². The summed E-state index contributed by atoms with van der Waals surface area (Å²) in [5.41, 5.74) is 1.04. The summed E-state index contributed by atoms with van der Waals surface area (Å²) < 4.78 is 5.37. The molecule has 0 aromatic heterocycles. The molecule has 2 atom stereocenters. The smallest absolute Gasteiger partial charge is 0.0799 e. The van der Waals surface area contributed by atoms with Crippen molar-refractivity contribution in [2.45, 2.75) is 18.9 Å². The minimum absolute atomic E-state index is 0.386. The van der Waals surface area contributed by atoms with Crippen LogP contribution in [0.3, 0.4) is 0 Å². The van der Waals surface area contributed by atoms with Crippen LogP contribution in [0, 0.1) is 5.92 Å². The monoisotopic (exact) mass is 242 g/mol. The number of rotatable bonds is 3. The first kappa shape index (κ1) is 11.7. The summed E-state index contributed by atoms with van der Waals surface area (Å²) >= 11 is 0. The van der Waals surface area contributed by atoms with E-state index in [-0.39, 0.29) is 6.10 Å². The first-order valence-corrected chi connectivity index (χ1v) is 6.58. The zero-order valence-corrected chi connectivity index (χ0v) is 10.4. The van der Waals surface area contributed by atoms with Crippen molar-refractivity contribution in [3.05, 3.63) is 48.0 Å². The number of aliphatic hydroxyl groups excluding tert-OH is 1. The molecule has 0 saturated carbocycles. The van der Waals surface area contributed by atoms with Gasteiger partial charge in [-0.2, -0.15) is 0 Å². The van der Waals surface area contributed by atoms with Crippen molar-refractivity contribution in [3.8, 4) is 0 Å². The predicted octanol–water partition coefficient (Wildman–Crippen LogP) is 3.30. The molecule has 1 saturated heterocycles. The maximum Gasteiger partial charge on any atom is 0.0799 e. The second-order valence-electron chi connectivity index (χ2n) is 5.05. The normalized spacial score (nSPS) is 21.3. The summed E-state index contributed by atoms with van der Waals surface area (Å²) in [5.74, 6) is 0.499. The van der Waals surface area contributed by atoms with Crippen LogP contribution in [0.2, 0.25) is 0 Å². The highest BCUT2D eigenvalue weighted by molar-refractivity contribution is 5.85. The van der Waals surface area contributed by atoms with Crippen molar-refractivity contribution in [3.63, 3.8) is 0 Å². The summed E-state index contributed by atoms with van der Waals surface area (Å²) in [4.78, 5) is 0. The highest BCUT2D eigenvalue weighted by Crippen LogP contribution is 2.30. The van der Waals surface area contributed by atoms with Crippen molar-refractivity contribution in [2.24, 2.45) is 5.92 Å². The first-order valence-electron chi connectivity index (χ1n) is 6.58. The minimum Gasteiger partial charge on any atom is -0.388 e. The van der Waals surface area contributed by atoms with Gasteiger partial charge in [0, 0.05) is 13.2 Å². The topological polar surface area (TPSA) is 29.5 Å². The van der Waals surface area contributed by atoms with Crippen LogP contribution in [0.5, 0.6) is 0 Å². The molecule has 18 heavy (non-hydrogen) atoms. The largest absolute Gasteiger partial charge is 0.388 e. The second-order valence-corrected chi connectivity index (χ2v) is 5.05. The van der Waals surface area contributed by atoms with E-state index in [9.17, 15) is 5.11 Å². The molecular formula is C16H18O2. The van der Waals surface area contributed by atoms with E-state index in [1.807, 2.05) is 24.3 Å². The van der Waals surface area contributed by atoms with E-state index in [1.165, 1.54) is 5.39 Å². The average molecular weight is 242 g/mol. The van der Waals surface area contributed by atoms with E-state index in [0.29, 0.717) is 5.92 Å². The minimum atomic E-state index is -0.386. The maximum absolute atomic E-state index is 10.4. The Kier molecular flexibility index (Phi) is 3.31. The molecule has 1 aliphatic rings. The quantitative estimate of drug-likeness (QED) is 0.894. The van der Waals surface area contributed by atoms with Crippen molar-refractivity contribution < 1.29 is 9.84 Å². The lowest BCUT2D eigenvalue weighted by molar-refractivity contribution is 0.130. The summed E-state index contributed by atoms with van der Waals surface area (Å²) in [5, 5.41) is 12.8. The van der Waals surface area contributed by atoms with Crippen LogP contribution >= 0.6 is 0 Å². The van der Waals surface area contributed by atoms with Gasteiger partial charge in [-0.3, -0.25) is 0 Å². The Morgan fingerprint density at radius 2 is 2.00 bits per heavy atom. The molecule has 1 fully saturated rings. The van der Waals surface area contributed by atoms with Crippen molar-refractivity contribution in [2.75, 3.05) is 13.2 Å². The van der Waals surface area contributed by atoms with Gasteiger partial charge in [-0.05, 0) is 35.1 Å². The summed E-state index contributed by atoms with van der Waals surface area (Å²) in [7, 11) is 0. The van der Waals surface area contributed by atoms with Gasteiger partial charge < -0.3 is 9.84 Å². The van der Waals surface area contributed by atoms with Crippen molar-refractivity contribution in [1.82, 2.24) is 0 Å². The SMILES string of the molecule is OC(CC1CCOC1)c1cccc2ccccc12. The zero-order valence-electron chi connectivity index (χ0n) is 10.4. The lowest BCUT2D eigenvalue weighted by Gasteiger charge is -2.16. The average Bonchev–Trinajstić information content (AvgIpc) is 2.91. The molecule has 2 aromatic rings. The molecule has 0 spiro atoms. The fourth-order valence-electron chi connectivity index (χ4n) is 2.75. The maximum atomic E-state index is 10.4. The number of hydrogen-bond donors (Lipinski definition) is 1. The molecule has 94 valence electrons. The van der Waals surface area contributed by atoms with Crippen LogP contribution in [-0.4, -0.2) is 18.3 Å². The Balaban J connectivity index is 1.88. The van der Waals surface area contributed by atoms with Crippen molar-refractivity contribution in [1.29, 1.82) is 0 Å². The Labute approximate surface area is 107 Å². The molecular weight excluding hydrogens is 224 g/mol. The second kappa shape index (κ2) is 5.09. The standard InChI is InChI=1S/C16H18O2/c17-16(10-12-8-9-18-11-12)15-7-3-5-13-4-1-2-6-14(13)15/h1-7,12,16-17H,8-11H2. The third kappa shape index (κ3) is 2.26. The lowest BCUT2D eigenvalue weighted by atomic mass is 9.93. The zero-order chi connectivity index (χ0) is 12.4. The van der Waals surface area contributed by atoms with Gasteiger partial charge in [0.15, 0.2) is 0 Å². The molecule has 0 aliphatic carbocycles.